The number of hydrogen-bond acceptors (Lipinski definition) is 6. The monoisotopic (exact) mass is 453 g/mol. The van der Waals surface area contributed by atoms with Gasteiger partial charge in [-0.15, -0.1) is 11.3 Å². The maximum absolute atomic E-state index is 12.1. The highest BCUT2D eigenvalue weighted by Gasteiger charge is 2.30. The van der Waals surface area contributed by atoms with E-state index in [4.69, 9.17) is 22.1 Å². The number of rotatable bonds is 4. The average Bonchev–Trinajstić information content (AvgIpc) is 3.48. The van der Waals surface area contributed by atoms with Crippen molar-refractivity contribution >= 4 is 50.3 Å². The van der Waals surface area contributed by atoms with E-state index in [0.717, 1.165) is 43.9 Å². The van der Waals surface area contributed by atoms with Crippen LogP contribution in [0.25, 0.3) is 26.0 Å². The number of fused-ring (bicyclic) bond motifs is 2. The Morgan fingerprint density at radius 1 is 1.39 bits per heavy atom. The Balaban J connectivity index is 1.66. The van der Waals surface area contributed by atoms with Gasteiger partial charge in [0.15, 0.2) is 5.82 Å². The third kappa shape index (κ3) is 3.23. The van der Waals surface area contributed by atoms with Gasteiger partial charge in [-0.3, -0.25) is 4.79 Å². The fraction of sp³-hybridized carbons (Fsp3) is 0.227. The largest absolute Gasteiger partial charge is 0.495 e. The Morgan fingerprint density at radius 3 is 3.00 bits per heavy atom. The van der Waals surface area contributed by atoms with Crippen LogP contribution in [0.3, 0.4) is 0 Å². The number of hydrogen-bond donors (Lipinski definition) is 1. The van der Waals surface area contributed by atoms with Gasteiger partial charge in [0.05, 0.1) is 11.8 Å². The second-order valence-electron chi connectivity index (χ2n) is 7.50. The second-order valence-corrected chi connectivity index (χ2v) is 8.99. The molecule has 7 nitrogen and oxygen atoms in total. The van der Waals surface area contributed by atoms with Crippen molar-refractivity contribution in [1.82, 2.24) is 19.5 Å². The molecule has 0 spiro atoms. The number of methoxy groups -OCH3 is 1. The van der Waals surface area contributed by atoms with Crippen LogP contribution in [-0.4, -0.2) is 45.6 Å². The number of benzene rings is 1. The second kappa shape index (κ2) is 7.55. The van der Waals surface area contributed by atoms with Crippen LogP contribution in [0.1, 0.15) is 18.0 Å². The summed E-state index contributed by atoms with van der Waals surface area (Å²) in [7, 11) is 1.64. The van der Waals surface area contributed by atoms with E-state index < -0.39 is 0 Å². The predicted molar refractivity (Wildman–Crippen MR) is 124 cm³/mol. The summed E-state index contributed by atoms with van der Waals surface area (Å²) in [6.07, 6.45) is 3.68. The van der Waals surface area contributed by atoms with Crippen LogP contribution < -0.4 is 10.5 Å². The van der Waals surface area contributed by atoms with Gasteiger partial charge in [0.25, 0.3) is 0 Å². The summed E-state index contributed by atoms with van der Waals surface area (Å²) in [5.74, 6) is 1.25. The first-order chi connectivity index (χ1) is 15.0. The third-order valence-electron chi connectivity index (χ3n) is 5.74. The molecule has 1 amide bonds. The molecule has 4 aromatic rings. The minimum Gasteiger partial charge on any atom is -0.495 e. The standard InChI is InChI=1S/C22H20ClN5O2S/c1-3-19(29)27-5-4-12(10-27)16-9-15(20-22(24)25-11-26-28(16)20)18-7-13-6-14(23)8-17(30-2)21(13)31-18/h3,6-9,11-12H,1,4-5,10H2,2H3,(H2,24,25,26). The molecule has 3 aromatic heterocycles. The fourth-order valence-corrected chi connectivity index (χ4v) is 5.64. The molecule has 2 N–H and O–H groups in total. The maximum atomic E-state index is 12.1. The highest BCUT2D eigenvalue weighted by Crippen LogP contribution is 2.44. The quantitative estimate of drug-likeness (QED) is 0.464. The summed E-state index contributed by atoms with van der Waals surface area (Å²) < 4.78 is 8.40. The number of carbonyl (C=O) groups is 1. The number of thiophene rings is 1. The number of ether oxygens (including phenoxy) is 1. The van der Waals surface area contributed by atoms with Gasteiger partial charge in [-0.1, -0.05) is 18.2 Å². The van der Waals surface area contributed by atoms with Crippen molar-refractivity contribution in [2.45, 2.75) is 12.3 Å². The van der Waals surface area contributed by atoms with Gasteiger partial charge in [-0.05, 0) is 36.1 Å². The molecule has 1 atom stereocenters. The van der Waals surface area contributed by atoms with Crippen molar-refractivity contribution in [3.8, 4) is 16.2 Å². The van der Waals surface area contributed by atoms with Crippen molar-refractivity contribution in [3.05, 3.63) is 54.0 Å². The molecule has 9 heteroatoms. The van der Waals surface area contributed by atoms with Crippen LogP contribution in [0.2, 0.25) is 5.02 Å². The fourth-order valence-electron chi connectivity index (χ4n) is 4.27. The summed E-state index contributed by atoms with van der Waals surface area (Å²) >= 11 is 7.87. The van der Waals surface area contributed by atoms with Gasteiger partial charge in [0.2, 0.25) is 5.91 Å². The Bertz CT molecular complexity index is 1340. The van der Waals surface area contributed by atoms with Crippen LogP contribution in [0.15, 0.2) is 43.2 Å². The molecule has 0 saturated carbocycles. The molecule has 1 unspecified atom stereocenters. The molecule has 4 heterocycles. The molecule has 1 aliphatic rings. The summed E-state index contributed by atoms with van der Waals surface area (Å²) in [5, 5.41) is 6.11. The highest BCUT2D eigenvalue weighted by molar-refractivity contribution is 7.22. The van der Waals surface area contributed by atoms with Crippen molar-refractivity contribution < 1.29 is 9.53 Å². The predicted octanol–water partition coefficient (Wildman–Crippen LogP) is 4.36. The molecular weight excluding hydrogens is 434 g/mol. The maximum Gasteiger partial charge on any atom is 0.245 e. The van der Waals surface area contributed by atoms with Crippen LogP contribution >= 0.6 is 22.9 Å². The molecular formula is C22H20ClN5O2S. The highest BCUT2D eigenvalue weighted by atomic mass is 35.5. The summed E-state index contributed by atoms with van der Waals surface area (Å²) in [6, 6.07) is 7.94. The Hall–Kier alpha value is -3.10. The van der Waals surface area contributed by atoms with E-state index in [9.17, 15) is 4.79 Å². The lowest BCUT2D eigenvalue weighted by Crippen LogP contribution is -2.26. The van der Waals surface area contributed by atoms with Crippen molar-refractivity contribution in [1.29, 1.82) is 0 Å². The van der Waals surface area contributed by atoms with Gasteiger partial charge >= 0.3 is 0 Å². The molecule has 1 fully saturated rings. The summed E-state index contributed by atoms with van der Waals surface area (Å²) in [4.78, 5) is 19.1. The van der Waals surface area contributed by atoms with Crippen LogP contribution in [-0.2, 0) is 4.79 Å². The minimum absolute atomic E-state index is 0.0498. The number of likely N-dealkylation sites (tertiary alicyclic amines) is 1. The van der Waals surface area contributed by atoms with E-state index in [-0.39, 0.29) is 11.8 Å². The first kappa shape index (κ1) is 19.8. The third-order valence-corrected chi connectivity index (χ3v) is 7.15. The van der Waals surface area contributed by atoms with E-state index >= 15 is 0 Å². The van der Waals surface area contributed by atoms with Gasteiger partial charge in [-0.25, -0.2) is 9.50 Å². The van der Waals surface area contributed by atoms with Crippen LogP contribution in [0, 0.1) is 0 Å². The Labute approximate surface area is 187 Å². The SMILES string of the molecule is C=CC(=O)N1CCC(c2cc(-c3cc4cc(Cl)cc(OC)c4s3)c3c(N)ncnn23)C1. The lowest BCUT2D eigenvalue weighted by molar-refractivity contribution is -0.125. The molecule has 1 saturated heterocycles. The van der Waals surface area contributed by atoms with E-state index in [0.29, 0.717) is 23.9 Å². The van der Waals surface area contributed by atoms with Crippen molar-refractivity contribution in [3.63, 3.8) is 0 Å². The molecule has 5 rings (SSSR count). The number of aromatic nitrogens is 3. The van der Waals surface area contributed by atoms with Crippen LogP contribution in [0.5, 0.6) is 5.75 Å². The molecule has 1 aliphatic heterocycles. The number of nitrogen functional groups attached to an aromatic ring is 1. The van der Waals surface area contributed by atoms with Gasteiger partial charge < -0.3 is 15.4 Å². The van der Waals surface area contributed by atoms with Crippen molar-refractivity contribution in [2.75, 3.05) is 25.9 Å². The Morgan fingerprint density at radius 2 is 2.23 bits per heavy atom. The molecule has 158 valence electrons. The zero-order valence-corrected chi connectivity index (χ0v) is 18.4. The van der Waals surface area contributed by atoms with E-state index in [2.05, 4.69) is 28.8 Å². The molecule has 0 bridgehead atoms. The first-order valence-electron chi connectivity index (χ1n) is 9.81. The topological polar surface area (TPSA) is 85.8 Å². The number of halogens is 1. The minimum atomic E-state index is -0.0498. The number of anilines is 1. The van der Waals surface area contributed by atoms with Crippen molar-refractivity contribution in [2.24, 2.45) is 0 Å². The van der Waals surface area contributed by atoms with Gasteiger partial charge in [0, 0.05) is 46.2 Å². The smallest absolute Gasteiger partial charge is 0.245 e. The number of carbonyl (C=O) groups excluding carboxylic acids is 1. The first-order valence-corrected chi connectivity index (χ1v) is 11.0. The number of amides is 1. The van der Waals surface area contributed by atoms with Crippen LogP contribution in [0.4, 0.5) is 5.82 Å². The van der Waals surface area contributed by atoms with E-state index in [1.807, 2.05) is 21.5 Å². The average molecular weight is 454 g/mol. The summed E-state index contributed by atoms with van der Waals surface area (Å²) in [6.45, 7) is 4.91. The molecule has 1 aromatic carbocycles. The van der Waals surface area contributed by atoms with E-state index in [1.165, 1.54) is 12.4 Å². The van der Waals surface area contributed by atoms with E-state index in [1.54, 1.807) is 18.4 Å². The summed E-state index contributed by atoms with van der Waals surface area (Å²) in [5.41, 5.74) is 9.03. The molecule has 0 radical (unpaired) electrons. The zero-order valence-electron chi connectivity index (χ0n) is 16.8. The lowest BCUT2D eigenvalue weighted by atomic mass is 10.0. The Kier molecular flexibility index (Phi) is 4.83. The normalized spacial score (nSPS) is 16.3. The zero-order chi connectivity index (χ0) is 21.7. The number of nitrogens with zero attached hydrogens (tertiary/aromatic N) is 4. The van der Waals surface area contributed by atoms with Gasteiger partial charge in [0.1, 0.15) is 17.6 Å². The number of nitrogens with two attached hydrogens (primary N) is 1. The van der Waals surface area contributed by atoms with Gasteiger partial charge in [-0.2, -0.15) is 5.10 Å². The molecule has 31 heavy (non-hydrogen) atoms. The lowest BCUT2D eigenvalue weighted by Gasteiger charge is -2.14. The molecule has 0 aliphatic carbocycles.